The van der Waals surface area contributed by atoms with E-state index in [0.29, 0.717) is 11.0 Å². The first-order chi connectivity index (χ1) is 12.7. The lowest BCUT2D eigenvalue weighted by Gasteiger charge is -2.30. The van der Waals surface area contributed by atoms with Gasteiger partial charge >= 0.3 is 6.01 Å². The van der Waals surface area contributed by atoms with Gasteiger partial charge in [-0.3, -0.25) is 4.79 Å². The highest BCUT2D eigenvalue weighted by Gasteiger charge is 2.26. The summed E-state index contributed by atoms with van der Waals surface area (Å²) in [6, 6.07) is 10.5. The van der Waals surface area contributed by atoms with E-state index in [4.69, 9.17) is 16.3 Å². The molecule has 1 aromatic heterocycles. The van der Waals surface area contributed by atoms with E-state index in [1.54, 1.807) is 0 Å². The normalized spacial score (nSPS) is 21.0. The average Bonchev–Trinajstić information content (AvgIpc) is 2.67. The van der Waals surface area contributed by atoms with Gasteiger partial charge in [-0.1, -0.05) is 48.9 Å². The number of aromatic nitrogens is 2. The fourth-order valence-corrected chi connectivity index (χ4v) is 3.49. The standard InChI is InChI=1S/C20H24ClN3O2/c1-2-18(14-6-4-3-5-7-14)19(25)24-16-8-10-17(11-9-16)26-20-22-12-15(21)13-23-20/h3-7,12-13,16-18H,2,8-11H2,1H3,(H,24,25). The Balaban J connectivity index is 1.48. The molecule has 0 saturated heterocycles. The molecule has 3 rings (SSSR count). The van der Waals surface area contributed by atoms with Crippen LogP contribution in [0.3, 0.4) is 0 Å². The third-order valence-corrected chi connectivity index (χ3v) is 5.01. The molecule has 1 saturated carbocycles. The quantitative estimate of drug-likeness (QED) is 0.826. The lowest BCUT2D eigenvalue weighted by Crippen LogP contribution is -2.41. The van der Waals surface area contributed by atoms with E-state index in [1.807, 2.05) is 37.3 Å². The summed E-state index contributed by atoms with van der Waals surface area (Å²) in [5.41, 5.74) is 1.07. The van der Waals surface area contributed by atoms with Gasteiger partial charge in [0.2, 0.25) is 5.91 Å². The molecule has 1 N–H and O–H groups in total. The Labute approximate surface area is 159 Å². The molecule has 1 aliphatic rings. The number of ether oxygens (including phenoxy) is 1. The smallest absolute Gasteiger partial charge is 0.316 e. The molecule has 26 heavy (non-hydrogen) atoms. The number of benzene rings is 1. The van der Waals surface area contributed by atoms with Crippen LogP contribution in [-0.4, -0.2) is 28.0 Å². The monoisotopic (exact) mass is 373 g/mol. The molecular weight excluding hydrogens is 350 g/mol. The number of amides is 1. The molecule has 2 aromatic rings. The number of rotatable bonds is 6. The fraction of sp³-hybridized carbons (Fsp3) is 0.450. The van der Waals surface area contributed by atoms with Crippen molar-refractivity contribution in [3.8, 4) is 6.01 Å². The van der Waals surface area contributed by atoms with E-state index in [9.17, 15) is 4.79 Å². The largest absolute Gasteiger partial charge is 0.460 e. The van der Waals surface area contributed by atoms with Crippen molar-refractivity contribution in [2.45, 2.75) is 57.1 Å². The van der Waals surface area contributed by atoms with Gasteiger partial charge in [0.05, 0.1) is 23.3 Å². The molecule has 0 spiro atoms. The van der Waals surface area contributed by atoms with Crippen molar-refractivity contribution in [1.29, 1.82) is 0 Å². The highest BCUT2D eigenvalue weighted by Crippen LogP contribution is 2.24. The van der Waals surface area contributed by atoms with Gasteiger partial charge in [-0.15, -0.1) is 0 Å². The van der Waals surface area contributed by atoms with Crippen molar-refractivity contribution in [2.24, 2.45) is 0 Å². The van der Waals surface area contributed by atoms with Gasteiger partial charge in [-0.2, -0.15) is 0 Å². The molecule has 1 aromatic carbocycles. The minimum Gasteiger partial charge on any atom is -0.460 e. The maximum atomic E-state index is 12.7. The minimum absolute atomic E-state index is 0.0837. The second-order valence-corrected chi connectivity index (χ2v) is 7.09. The second kappa shape index (κ2) is 8.99. The molecule has 1 aliphatic carbocycles. The maximum Gasteiger partial charge on any atom is 0.316 e. The second-order valence-electron chi connectivity index (χ2n) is 6.66. The number of nitrogens with one attached hydrogen (secondary N) is 1. The lowest BCUT2D eigenvalue weighted by molar-refractivity contribution is -0.123. The van der Waals surface area contributed by atoms with Gasteiger partial charge in [0, 0.05) is 6.04 Å². The van der Waals surface area contributed by atoms with Crippen molar-refractivity contribution in [2.75, 3.05) is 0 Å². The zero-order chi connectivity index (χ0) is 18.4. The summed E-state index contributed by atoms with van der Waals surface area (Å²) < 4.78 is 5.81. The van der Waals surface area contributed by atoms with Crippen molar-refractivity contribution >= 4 is 17.5 Å². The molecule has 0 bridgehead atoms. The number of halogens is 1. The van der Waals surface area contributed by atoms with Crippen molar-refractivity contribution in [1.82, 2.24) is 15.3 Å². The van der Waals surface area contributed by atoms with Crippen molar-refractivity contribution in [3.05, 3.63) is 53.3 Å². The van der Waals surface area contributed by atoms with Gasteiger partial charge in [-0.05, 0) is 37.7 Å². The Morgan fingerprint density at radius 2 is 1.85 bits per heavy atom. The van der Waals surface area contributed by atoms with Crippen LogP contribution in [0, 0.1) is 0 Å². The summed E-state index contributed by atoms with van der Waals surface area (Å²) in [4.78, 5) is 20.8. The summed E-state index contributed by atoms with van der Waals surface area (Å²) >= 11 is 5.78. The summed E-state index contributed by atoms with van der Waals surface area (Å²) in [5.74, 6) is 0.0248. The van der Waals surface area contributed by atoms with E-state index >= 15 is 0 Å². The van der Waals surface area contributed by atoms with Crippen LogP contribution in [0.2, 0.25) is 5.02 Å². The average molecular weight is 374 g/mol. The van der Waals surface area contributed by atoms with Crippen LogP contribution in [0.25, 0.3) is 0 Å². The molecular formula is C20H24ClN3O2. The summed E-state index contributed by atoms with van der Waals surface area (Å²) in [5, 5.41) is 3.71. The SMILES string of the molecule is CCC(C(=O)NC1CCC(Oc2ncc(Cl)cn2)CC1)c1ccccc1. The van der Waals surface area contributed by atoms with E-state index in [-0.39, 0.29) is 24.0 Å². The lowest BCUT2D eigenvalue weighted by atomic mass is 9.91. The van der Waals surface area contributed by atoms with E-state index < -0.39 is 0 Å². The molecule has 5 nitrogen and oxygen atoms in total. The Bertz CT molecular complexity index is 701. The van der Waals surface area contributed by atoms with Gasteiger partial charge in [0.1, 0.15) is 6.10 Å². The van der Waals surface area contributed by atoms with Crippen LogP contribution in [0.15, 0.2) is 42.7 Å². The molecule has 1 amide bonds. The summed E-state index contributed by atoms with van der Waals surface area (Å²) in [7, 11) is 0. The number of carbonyl (C=O) groups excluding carboxylic acids is 1. The first kappa shape index (κ1) is 18.6. The van der Waals surface area contributed by atoms with Crippen LogP contribution in [0.5, 0.6) is 6.01 Å². The first-order valence-corrected chi connectivity index (χ1v) is 9.53. The molecule has 0 aliphatic heterocycles. The molecule has 1 atom stereocenters. The highest BCUT2D eigenvalue weighted by molar-refractivity contribution is 6.30. The Kier molecular flexibility index (Phi) is 6.45. The zero-order valence-corrected chi connectivity index (χ0v) is 15.7. The van der Waals surface area contributed by atoms with Gasteiger partial charge in [0.25, 0.3) is 0 Å². The molecule has 0 radical (unpaired) electrons. The molecule has 1 fully saturated rings. The minimum atomic E-state index is -0.0901. The van der Waals surface area contributed by atoms with Gasteiger partial charge < -0.3 is 10.1 Å². The Hall–Kier alpha value is -2.14. The van der Waals surface area contributed by atoms with Crippen LogP contribution >= 0.6 is 11.6 Å². The predicted octanol–water partition coefficient (Wildman–Crippen LogP) is 4.13. The molecule has 1 unspecified atom stereocenters. The Morgan fingerprint density at radius 3 is 2.46 bits per heavy atom. The first-order valence-electron chi connectivity index (χ1n) is 9.15. The fourth-order valence-electron chi connectivity index (χ4n) is 3.39. The summed E-state index contributed by atoms with van der Waals surface area (Å²) in [6.07, 6.45) is 7.49. The Morgan fingerprint density at radius 1 is 1.19 bits per heavy atom. The van der Waals surface area contributed by atoms with E-state index in [0.717, 1.165) is 37.7 Å². The number of carbonyl (C=O) groups is 1. The van der Waals surface area contributed by atoms with Crippen LogP contribution in [0.4, 0.5) is 0 Å². The topological polar surface area (TPSA) is 64.1 Å². The number of hydrogen-bond acceptors (Lipinski definition) is 4. The third kappa shape index (κ3) is 4.94. The zero-order valence-electron chi connectivity index (χ0n) is 14.9. The van der Waals surface area contributed by atoms with Crippen molar-refractivity contribution < 1.29 is 9.53 Å². The molecule has 1 heterocycles. The predicted molar refractivity (Wildman–Crippen MR) is 101 cm³/mol. The van der Waals surface area contributed by atoms with Gasteiger partial charge in [0.15, 0.2) is 0 Å². The number of nitrogens with zero attached hydrogens (tertiary/aromatic N) is 2. The van der Waals surface area contributed by atoms with E-state index in [1.165, 1.54) is 12.4 Å². The van der Waals surface area contributed by atoms with E-state index in [2.05, 4.69) is 15.3 Å². The van der Waals surface area contributed by atoms with Gasteiger partial charge in [-0.25, -0.2) is 9.97 Å². The van der Waals surface area contributed by atoms with Crippen molar-refractivity contribution in [3.63, 3.8) is 0 Å². The summed E-state index contributed by atoms with van der Waals surface area (Å²) in [6.45, 7) is 2.05. The van der Waals surface area contributed by atoms with Crippen LogP contribution in [-0.2, 0) is 4.79 Å². The van der Waals surface area contributed by atoms with Crippen LogP contribution in [0.1, 0.15) is 50.5 Å². The van der Waals surface area contributed by atoms with Crippen LogP contribution < -0.4 is 10.1 Å². The highest BCUT2D eigenvalue weighted by atomic mass is 35.5. The third-order valence-electron chi connectivity index (χ3n) is 4.82. The molecule has 6 heteroatoms. The molecule has 138 valence electrons. The maximum absolute atomic E-state index is 12.7. The number of hydrogen-bond donors (Lipinski definition) is 1.